The number of nitrogens with two attached hydrogens (primary N) is 1. The van der Waals surface area contributed by atoms with E-state index in [4.69, 9.17) is 10.8 Å². The van der Waals surface area contributed by atoms with Gasteiger partial charge in [-0.3, -0.25) is 4.79 Å². The van der Waals surface area contributed by atoms with E-state index >= 15 is 0 Å². The molecular formula is C9H15N3O2. The Morgan fingerprint density at radius 1 is 1.71 bits per heavy atom. The molecule has 5 heteroatoms. The fourth-order valence-electron chi connectivity index (χ4n) is 1.30. The number of carboxylic acid groups (broad SMARTS) is 1. The van der Waals surface area contributed by atoms with Gasteiger partial charge in [-0.1, -0.05) is 0 Å². The highest BCUT2D eigenvalue weighted by Crippen LogP contribution is 2.03. The third kappa shape index (κ3) is 2.56. The number of aliphatic carboxylic acids is 1. The first kappa shape index (κ1) is 10.7. The van der Waals surface area contributed by atoms with Crippen molar-refractivity contribution in [2.24, 2.45) is 5.73 Å². The molecule has 1 rings (SSSR count). The highest BCUT2D eigenvalue weighted by molar-refractivity contribution is 5.72. The molecule has 0 bridgehead atoms. The van der Waals surface area contributed by atoms with Gasteiger partial charge in [0.1, 0.15) is 11.9 Å². The van der Waals surface area contributed by atoms with Crippen molar-refractivity contribution in [2.75, 3.05) is 0 Å². The van der Waals surface area contributed by atoms with Gasteiger partial charge < -0.3 is 15.4 Å². The molecule has 0 fully saturated rings. The SMILES string of the molecule is Cc1cn(CCC(N)C(=O)O)c(C)n1. The van der Waals surface area contributed by atoms with Crippen LogP contribution in [0.2, 0.25) is 0 Å². The van der Waals surface area contributed by atoms with Gasteiger partial charge in [0.15, 0.2) is 0 Å². The van der Waals surface area contributed by atoms with Crippen LogP contribution in [0.5, 0.6) is 0 Å². The van der Waals surface area contributed by atoms with Crippen LogP contribution in [0.1, 0.15) is 17.9 Å². The number of hydrogen-bond donors (Lipinski definition) is 2. The number of aryl methyl sites for hydroxylation is 3. The van der Waals surface area contributed by atoms with Gasteiger partial charge in [0.2, 0.25) is 0 Å². The lowest BCUT2D eigenvalue weighted by Gasteiger charge is -2.07. The molecule has 14 heavy (non-hydrogen) atoms. The Morgan fingerprint density at radius 3 is 2.79 bits per heavy atom. The average Bonchev–Trinajstić information content (AvgIpc) is 2.40. The second-order valence-corrected chi connectivity index (χ2v) is 3.36. The Bertz CT molecular complexity index is 333. The Balaban J connectivity index is 2.53. The quantitative estimate of drug-likeness (QED) is 0.727. The number of aromatic nitrogens is 2. The predicted octanol–water partition coefficient (Wildman–Crippen LogP) is 0.302. The van der Waals surface area contributed by atoms with E-state index in [1.807, 2.05) is 24.6 Å². The van der Waals surface area contributed by atoms with Crippen LogP contribution in [0, 0.1) is 13.8 Å². The fourth-order valence-corrected chi connectivity index (χ4v) is 1.30. The molecule has 1 aromatic rings. The minimum absolute atomic E-state index is 0.423. The summed E-state index contributed by atoms with van der Waals surface area (Å²) < 4.78 is 1.91. The van der Waals surface area contributed by atoms with E-state index in [2.05, 4.69) is 4.98 Å². The van der Waals surface area contributed by atoms with Crippen LogP contribution >= 0.6 is 0 Å². The van der Waals surface area contributed by atoms with Crippen molar-refractivity contribution in [1.29, 1.82) is 0 Å². The summed E-state index contributed by atoms with van der Waals surface area (Å²) in [6.45, 7) is 4.39. The lowest BCUT2D eigenvalue weighted by atomic mass is 10.2. The van der Waals surface area contributed by atoms with Crippen LogP contribution in [-0.2, 0) is 11.3 Å². The number of rotatable bonds is 4. The maximum absolute atomic E-state index is 10.5. The molecule has 78 valence electrons. The van der Waals surface area contributed by atoms with Gasteiger partial charge in [-0.05, 0) is 20.3 Å². The molecule has 1 aromatic heterocycles. The first-order valence-corrected chi connectivity index (χ1v) is 4.49. The Labute approximate surface area is 82.6 Å². The number of carboxylic acids is 1. The van der Waals surface area contributed by atoms with Crippen LogP contribution in [0.15, 0.2) is 6.20 Å². The van der Waals surface area contributed by atoms with Gasteiger partial charge in [-0.2, -0.15) is 0 Å². The molecule has 1 unspecified atom stereocenters. The number of carbonyl (C=O) groups is 1. The maximum Gasteiger partial charge on any atom is 0.320 e. The largest absolute Gasteiger partial charge is 0.480 e. The first-order chi connectivity index (χ1) is 6.50. The van der Waals surface area contributed by atoms with E-state index in [9.17, 15) is 4.79 Å². The van der Waals surface area contributed by atoms with E-state index in [1.54, 1.807) is 0 Å². The van der Waals surface area contributed by atoms with Gasteiger partial charge >= 0.3 is 5.97 Å². The third-order valence-electron chi connectivity index (χ3n) is 2.09. The van der Waals surface area contributed by atoms with Crippen LogP contribution in [-0.4, -0.2) is 26.7 Å². The summed E-state index contributed by atoms with van der Waals surface area (Å²) in [5.41, 5.74) is 6.32. The fraction of sp³-hybridized carbons (Fsp3) is 0.556. The molecule has 5 nitrogen and oxygen atoms in total. The molecular weight excluding hydrogens is 182 g/mol. The highest BCUT2D eigenvalue weighted by atomic mass is 16.4. The van der Waals surface area contributed by atoms with Crippen molar-refractivity contribution in [3.05, 3.63) is 17.7 Å². The summed E-state index contributed by atoms with van der Waals surface area (Å²) in [7, 11) is 0. The van der Waals surface area contributed by atoms with E-state index < -0.39 is 12.0 Å². The van der Waals surface area contributed by atoms with Crippen LogP contribution < -0.4 is 5.73 Å². The monoisotopic (exact) mass is 197 g/mol. The summed E-state index contributed by atoms with van der Waals surface area (Å²) in [6.07, 6.45) is 2.32. The summed E-state index contributed by atoms with van der Waals surface area (Å²) in [5.74, 6) is -0.0698. The first-order valence-electron chi connectivity index (χ1n) is 4.49. The molecule has 0 saturated heterocycles. The van der Waals surface area contributed by atoms with Gasteiger partial charge in [-0.25, -0.2) is 4.98 Å². The number of hydrogen-bond acceptors (Lipinski definition) is 3. The lowest BCUT2D eigenvalue weighted by molar-refractivity contribution is -0.138. The smallest absolute Gasteiger partial charge is 0.320 e. The molecule has 0 aliphatic carbocycles. The van der Waals surface area contributed by atoms with Gasteiger partial charge in [0.25, 0.3) is 0 Å². The minimum Gasteiger partial charge on any atom is -0.480 e. The maximum atomic E-state index is 10.5. The molecule has 3 N–H and O–H groups in total. The van der Waals surface area contributed by atoms with Crippen molar-refractivity contribution in [3.8, 4) is 0 Å². The Kier molecular flexibility index (Phi) is 3.24. The van der Waals surface area contributed by atoms with Crippen molar-refractivity contribution in [1.82, 2.24) is 9.55 Å². The van der Waals surface area contributed by atoms with E-state index in [0.29, 0.717) is 13.0 Å². The van der Waals surface area contributed by atoms with Crippen molar-refractivity contribution >= 4 is 5.97 Å². The predicted molar refractivity (Wildman–Crippen MR) is 51.9 cm³/mol. The highest BCUT2D eigenvalue weighted by Gasteiger charge is 2.11. The minimum atomic E-state index is -0.959. The zero-order chi connectivity index (χ0) is 10.7. The molecule has 0 radical (unpaired) electrons. The summed E-state index contributed by atoms with van der Waals surface area (Å²) in [6, 6.07) is -0.794. The standard InChI is InChI=1S/C9H15N3O2/c1-6-5-12(7(2)11-6)4-3-8(10)9(13)14/h5,8H,3-4,10H2,1-2H3,(H,13,14). The van der Waals surface area contributed by atoms with E-state index in [-0.39, 0.29) is 0 Å². The normalized spacial score (nSPS) is 12.8. The summed E-state index contributed by atoms with van der Waals surface area (Å²) in [5, 5.41) is 8.58. The molecule has 0 amide bonds. The van der Waals surface area contributed by atoms with Crippen molar-refractivity contribution in [2.45, 2.75) is 32.9 Å². The van der Waals surface area contributed by atoms with E-state index in [0.717, 1.165) is 11.5 Å². The molecule has 0 aliphatic heterocycles. The van der Waals surface area contributed by atoms with Crippen LogP contribution in [0.4, 0.5) is 0 Å². The van der Waals surface area contributed by atoms with E-state index in [1.165, 1.54) is 0 Å². The molecule has 0 aliphatic rings. The summed E-state index contributed by atoms with van der Waals surface area (Å²) >= 11 is 0. The molecule has 1 atom stereocenters. The molecule has 1 heterocycles. The van der Waals surface area contributed by atoms with Crippen LogP contribution in [0.3, 0.4) is 0 Å². The van der Waals surface area contributed by atoms with Gasteiger partial charge in [0, 0.05) is 12.7 Å². The lowest BCUT2D eigenvalue weighted by Crippen LogP contribution is -2.31. The van der Waals surface area contributed by atoms with Gasteiger partial charge in [-0.15, -0.1) is 0 Å². The summed E-state index contributed by atoms with van der Waals surface area (Å²) in [4.78, 5) is 14.7. The second-order valence-electron chi connectivity index (χ2n) is 3.36. The second kappa shape index (κ2) is 4.23. The molecule has 0 aromatic carbocycles. The average molecular weight is 197 g/mol. The third-order valence-corrected chi connectivity index (χ3v) is 2.09. The zero-order valence-electron chi connectivity index (χ0n) is 8.40. The Hall–Kier alpha value is -1.36. The van der Waals surface area contributed by atoms with Gasteiger partial charge in [0.05, 0.1) is 5.69 Å². The molecule has 0 spiro atoms. The number of nitrogens with zero attached hydrogens (tertiary/aromatic N) is 2. The zero-order valence-corrected chi connectivity index (χ0v) is 8.40. The van der Waals surface area contributed by atoms with Crippen molar-refractivity contribution in [3.63, 3.8) is 0 Å². The molecule has 0 saturated carbocycles. The number of imidazole rings is 1. The van der Waals surface area contributed by atoms with Crippen LogP contribution in [0.25, 0.3) is 0 Å². The topological polar surface area (TPSA) is 81.1 Å². The Morgan fingerprint density at radius 2 is 2.36 bits per heavy atom. The van der Waals surface area contributed by atoms with Crippen molar-refractivity contribution < 1.29 is 9.90 Å².